The van der Waals surface area contributed by atoms with E-state index in [9.17, 15) is 0 Å². The lowest BCUT2D eigenvalue weighted by atomic mass is 10.1. The fourth-order valence-electron chi connectivity index (χ4n) is 1.91. The molecule has 0 radical (unpaired) electrons. The van der Waals surface area contributed by atoms with Gasteiger partial charge < -0.3 is 10.6 Å². The van der Waals surface area contributed by atoms with E-state index in [2.05, 4.69) is 51.8 Å². The van der Waals surface area contributed by atoms with E-state index < -0.39 is 0 Å². The minimum atomic E-state index is 0. The average molecular weight is 396 g/mol. The third kappa shape index (κ3) is 6.12. The number of halogens is 1. The summed E-state index contributed by atoms with van der Waals surface area (Å²) in [4.78, 5) is 8.48. The second kappa shape index (κ2) is 9.33. The molecule has 21 heavy (non-hydrogen) atoms. The van der Waals surface area contributed by atoms with Gasteiger partial charge in [0.2, 0.25) is 0 Å². The maximum atomic E-state index is 4.27. The lowest BCUT2D eigenvalue weighted by molar-refractivity contribution is 0.794. The van der Waals surface area contributed by atoms with Crippen LogP contribution in [0.5, 0.6) is 0 Å². The lowest BCUT2D eigenvalue weighted by Crippen LogP contribution is -2.36. The molecule has 1 aromatic heterocycles. The minimum Gasteiger partial charge on any atom is -0.352 e. The minimum absolute atomic E-state index is 0. The van der Waals surface area contributed by atoms with Crippen LogP contribution in [-0.2, 0) is 13.1 Å². The van der Waals surface area contributed by atoms with Gasteiger partial charge in [-0.25, -0.2) is 0 Å². The van der Waals surface area contributed by atoms with Crippen LogP contribution in [0.25, 0.3) is 0 Å². The first kappa shape index (κ1) is 17.4. The highest BCUT2D eigenvalue weighted by Gasteiger charge is 1.99. The molecule has 0 amide bonds. The van der Waals surface area contributed by atoms with Gasteiger partial charge in [-0.05, 0) is 24.6 Å². The largest absolute Gasteiger partial charge is 0.352 e. The number of hydrogen-bond acceptors (Lipinski definition) is 2. The van der Waals surface area contributed by atoms with E-state index in [1.54, 1.807) is 13.2 Å². The Bertz CT molecular complexity index is 569. The molecule has 2 rings (SSSR count). The van der Waals surface area contributed by atoms with Gasteiger partial charge in [0.25, 0.3) is 0 Å². The summed E-state index contributed by atoms with van der Waals surface area (Å²) in [6.45, 7) is 3.51. The van der Waals surface area contributed by atoms with Crippen LogP contribution in [-0.4, -0.2) is 18.0 Å². The Balaban J connectivity index is 0.00000220. The number of nitrogens with one attached hydrogen (secondary N) is 2. The van der Waals surface area contributed by atoms with E-state index in [1.807, 2.05) is 18.2 Å². The summed E-state index contributed by atoms with van der Waals surface area (Å²) in [7, 11) is 1.77. The molecule has 0 spiro atoms. The molecule has 0 saturated carbocycles. The second-order valence-corrected chi connectivity index (χ2v) is 4.59. The number of guanidine groups is 1. The van der Waals surface area contributed by atoms with Crippen molar-refractivity contribution in [3.63, 3.8) is 0 Å². The van der Waals surface area contributed by atoms with Crippen molar-refractivity contribution in [3.8, 4) is 0 Å². The number of hydrogen-bond donors (Lipinski definition) is 2. The van der Waals surface area contributed by atoms with Crippen molar-refractivity contribution in [2.24, 2.45) is 4.99 Å². The molecule has 0 aliphatic carbocycles. The third-order valence-electron chi connectivity index (χ3n) is 2.93. The highest BCUT2D eigenvalue weighted by atomic mass is 127. The van der Waals surface area contributed by atoms with Crippen molar-refractivity contribution in [3.05, 3.63) is 65.5 Å². The van der Waals surface area contributed by atoms with Crippen LogP contribution in [0.3, 0.4) is 0 Å². The zero-order valence-corrected chi connectivity index (χ0v) is 14.7. The molecule has 1 heterocycles. The van der Waals surface area contributed by atoms with E-state index in [1.165, 1.54) is 11.1 Å². The van der Waals surface area contributed by atoms with Gasteiger partial charge in [0.05, 0.1) is 12.2 Å². The summed E-state index contributed by atoms with van der Waals surface area (Å²) >= 11 is 0. The van der Waals surface area contributed by atoms with E-state index >= 15 is 0 Å². The van der Waals surface area contributed by atoms with Crippen LogP contribution in [0.15, 0.2) is 53.7 Å². The first-order valence-corrected chi connectivity index (χ1v) is 6.68. The maximum Gasteiger partial charge on any atom is 0.191 e. The average Bonchev–Trinajstić information content (AvgIpc) is 2.48. The fourth-order valence-corrected chi connectivity index (χ4v) is 1.91. The van der Waals surface area contributed by atoms with E-state index in [0.29, 0.717) is 6.54 Å². The number of rotatable bonds is 4. The molecular weight excluding hydrogens is 375 g/mol. The van der Waals surface area contributed by atoms with E-state index in [4.69, 9.17) is 0 Å². The van der Waals surface area contributed by atoms with Gasteiger partial charge in [-0.15, -0.1) is 24.0 Å². The molecule has 5 heteroatoms. The fraction of sp³-hybridized carbons (Fsp3) is 0.250. The molecule has 2 aromatic rings. The van der Waals surface area contributed by atoms with Crippen molar-refractivity contribution < 1.29 is 0 Å². The molecule has 0 bridgehead atoms. The molecule has 0 atom stereocenters. The number of aliphatic imine (C=N–C) groups is 1. The first-order valence-electron chi connectivity index (χ1n) is 6.68. The van der Waals surface area contributed by atoms with Crippen LogP contribution in [0.2, 0.25) is 0 Å². The molecule has 1 aromatic carbocycles. The van der Waals surface area contributed by atoms with Crippen LogP contribution in [0, 0.1) is 6.92 Å². The van der Waals surface area contributed by atoms with Crippen molar-refractivity contribution in [1.29, 1.82) is 0 Å². The molecule has 2 N–H and O–H groups in total. The van der Waals surface area contributed by atoms with Gasteiger partial charge in [-0.2, -0.15) is 0 Å². The lowest BCUT2D eigenvalue weighted by Gasteiger charge is -2.12. The summed E-state index contributed by atoms with van der Waals surface area (Å²) in [5.74, 6) is 0.775. The summed E-state index contributed by atoms with van der Waals surface area (Å²) < 4.78 is 0. The van der Waals surface area contributed by atoms with Crippen molar-refractivity contribution >= 4 is 29.9 Å². The Labute approximate surface area is 143 Å². The zero-order valence-electron chi connectivity index (χ0n) is 12.3. The normalized spacial score (nSPS) is 10.7. The molecule has 4 nitrogen and oxygen atoms in total. The Morgan fingerprint density at radius 1 is 1.10 bits per heavy atom. The number of nitrogens with zero attached hydrogens (tertiary/aromatic N) is 2. The number of aromatic nitrogens is 1. The second-order valence-electron chi connectivity index (χ2n) is 4.59. The van der Waals surface area contributed by atoms with Crippen molar-refractivity contribution in [1.82, 2.24) is 15.6 Å². The van der Waals surface area contributed by atoms with Gasteiger partial charge >= 0.3 is 0 Å². The molecule has 0 aliphatic heterocycles. The predicted octanol–water partition coefficient (Wildman–Crippen LogP) is 2.87. The Morgan fingerprint density at radius 2 is 1.90 bits per heavy atom. The third-order valence-corrected chi connectivity index (χ3v) is 2.93. The van der Waals surface area contributed by atoms with E-state index in [-0.39, 0.29) is 24.0 Å². The van der Waals surface area contributed by atoms with Crippen LogP contribution < -0.4 is 10.6 Å². The summed E-state index contributed by atoms with van der Waals surface area (Å²) in [6.07, 6.45) is 1.79. The highest BCUT2D eigenvalue weighted by molar-refractivity contribution is 14.0. The Hall–Kier alpha value is -1.63. The van der Waals surface area contributed by atoms with Gasteiger partial charge in [0.1, 0.15) is 0 Å². The molecule has 112 valence electrons. The summed E-state index contributed by atoms with van der Waals surface area (Å²) in [5.41, 5.74) is 3.50. The molecular formula is C16H21IN4. The van der Waals surface area contributed by atoms with Gasteiger partial charge in [-0.3, -0.25) is 9.98 Å². The topological polar surface area (TPSA) is 49.3 Å². The molecule has 0 fully saturated rings. The van der Waals surface area contributed by atoms with Crippen LogP contribution >= 0.6 is 24.0 Å². The van der Waals surface area contributed by atoms with Crippen LogP contribution in [0.1, 0.15) is 16.8 Å². The summed E-state index contributed by atoms with van der Waals surface area (Å²) in [6, 6.07) is 14.3. The number of pyridine rings is 1. The SMILES string of the molecule is CN=C(NCc1cccc(C)c1)NCc1ccccn1.I. The van der Waals surface area contributed by atoms with E-state index in [0.717, 1.165) is 18.2 Å². The highest BCUT2D eigenvalue weighted by Crippen LogP contribution is 2.03. The smallest absolute Gasteiger partial charge is 0.191 e. The summed E-state index contributed by atoms with van der Waals surface area (Å²) in [5, 5.41) is 6.54. The zero-order chi connectivity index (χ0) is 14.2. The Kier molecular flexibility index (Phi) is 7.74. The predicted molar refractivity (Wildman–Crippen MR) is 97.9 cm³/mol. The van der Waals surface area contributed by atoms with Crippen molar-refractivity contribution in [2.75, 3.05) is 7.05 Å². The van der Waals surface area contributed by atoms with Gasteiger partial charge in [0, 0.05) is 19.8 Å². The van der Waals surface area contributed by atoms with Gasteiger partial charge in [-0.1, -0.05) is 35.9 Å². The first-order chi connectivity index (χ1) is 9.78. The molecule has 0 unspecified atom stereocenters. The molecule has 0 saturated heterocycles. The standard InChI is InChI=1S/C16H20N4.HI/c1-13-6-5-7-14(10-13)11-19-16(17-2)20-12-15-8-3-4-9-18-15;/h3-10H,11-12H2,1-2H3,(H2,17,19,20);1H. The molecule has 0 aliphatic rings. The maximum absolute atomic E-state index is 4.27. The van der Waals surface area contributed by atoms with Gasteiger partial charge in [0.15, 0.2) is 5.96 Å². The number of aryl methyl sites for hydroxylation is 1. The van der Waals surface area contributed by atoms with Crippen molar-refractivity contribution in [2.45, 2.75) is 20.0 Å². The quantitative estimate of drug-likeness (QED) is 0.475. The number of benzene rings is 1. The Morgan fingerprint density at radius 3 is 2.57 bits per heavy atom. The van der Waals surface area contributed by atoms with Crippen LogP contribution in [0.4, 0.5) is 0 Å². The monoisotopic (exact) mass is 396 g/mol.